The Morgan fingerprint density at radius 2 is 1.82 bits per heavy atom. The van der Waals surface area contributed by atoms with Gasteiger partial charge in [0.25, 0.3) is 0 Å². The molecule has 0 bridgehead atoms. The van der Waals surface area contributed by atoms with Crippen LogP contribution in [-0.4, -0.2) is 32.1 Å². The van der Waals surface area contributed by atoms with Gasteiger partial charge in [-0.3, -0.25) is 9.97 Å². The number of aryl methyl sites for hydroxylation is 1. The number of nitrogens with zero attached hydrogens (tertiary/aromatic N) is 2. The molecule has 7 nitrogen and oxygen atoms in total. The highest BCUT2D eigenvalue weighted by atomic mass is 32.1. The van der Waals surface area contributed by atoms with E-state index < -0.39 is 18.0 Å². The fourth-order valence-corrected chi connectivity index (χ4v) is 5.73. The first-order valence-electron chi connectivity index (χ1n) is 13.1. The largest absolute Gasteiger partial charge is 0.478 e. The SMILES string of the molecule is CCCCCCc1cc(-c2ccnc(C3=CC(C(=O)O)=CC(c4cc(C(=O)O)ccn4)N3)c2)sc1C=C(C)C. The number of dihydropyridines is 1. The van der Waals surface area contributed by atoms with Crippen molar-refractivity contribution in [2.45, 2.75) is 58.9 Å². The molecule has 3 aromatic rings. The number of allylic oxidation sites excluding steroid dienone is 1. The van der Waals surface area contributed by atoms with E-state index in [1.54, 1.807) is 23.6 Å². The lowest BCUT2D eigenvalue weighted by Gasteiger charge is -2.23. The van der Waals surface area contributed by atoms with Crippen molar-refractivity contribution < 1.29 is 19.8 Å². The van der Waals surface area contributed by atoms with Crippen molar-refractivity contribution in [3.05, 3.63) is 93.4 Å². The highest BCUT2D eigenvalue weighted by molar-refractivity contribution is 7.16. The van der Waals surface area contributed by atoms with Crippen LogP contribution in [0.5, 0.6) is 0 Å². The number of aromatic carboxylic acids is 1. The van der Waals surface area contributed by atoms with E-state index in [0.717, 1.165) is 23.3 Å². The van der Waals surface area contributed by atoms with Crippen LogP contribution in [0, 0.1) is 0 Å². The van der Waals surface area contributed by atoms with Crippen LogP contribution < -0.4 is 5.32 Å². The topological polar surface area (TPSA) is 112 Å². The van der Waals surface area contributed by atoms with E-state index in [0.29, 0.717) is 17.1 Å². The summed E-state index contributed by atoms with van der Waals surface area (Å²) >= 11 is 1.75. The number of thiophene rings is 1. The van der Waals surface area contributed by atoms with Crippen molar-refractivity contribution in [1.29, 1.82) is 0 Å². The molecule has 4 rings (SSSR count). The summed E-state index contributed by atoms with van der Waals surface area (Å²) < 4.78 is 0. The third-order valence-corrected chi connectivity index (χ3v) is 7.61. The summed E-state index contributed by atoms with van der Waals surface area (Å²) in [6, 6.07) is 8.42. The van der Waals surface area contributed by atoms with Gasteiger partial charge in [-0.2, -0.15) is 0 Å². The molecule has 4 heterocycles. The Morgan fingerprint density at radius 3 is 2.54 bits per heavy atom. The second kappa shape index (κ2) is 12.7. The van der Waals surface area contributed by atoms with Crippen LogP contribution in [0.15, 0.2) is 66.0 Å². The Hall–Kier alpha value is -4.04. The van der Waals surface area contributed by atoms with Gasteiger partial charge in [0.15, 0.2) is 0 Å². The van der Waals surface area contributed by atoms with Crippen molar-refractivity contribution in [2.24, 2.45) is 0 Å². The summed E-state index contributed by atoms with van der Waals surface area (Å²) in [7, 11) is 0. The van der Waals surface area contributed by atoms with E-state index in [1.165, 1.54) is 59.7 Å². The maximum atomic E-state index is 11.9. The maximum absolute atomic E-state index is 11.9. The average Bonchev–Trinajstić information content (AvgIpc) is 3.32. The lowest BCUT2D eigenvalue weighted by atomic mass is 10.00. The van der Waals surface area contributed by atoms with Crippen LogP contribution >= 0.6 is 11.3 Å². The predicted molar refractivity (Wildman–Crippen MR) is 155 cm³/mol. The summed E-state index contributed by atoms with van der Waals surface area (Å²) in [5.41, 5.74) is 5.31. The van der Waals surface area contributed by atoms with Crippen molar-refractivity contribution in [3.63, 3.8) is 0 Å². The Bertz CT molecular complexity index is 1460. The molecule has 0 radical (unpaired) electrons. The van der Waals surface area contributed by atoms with Crippen molar-refractivity contribution in [2.75, 3.05) is 0 Å². The predicted octanol–water partition coefficient (Wildman–Crippen LogP) is 7.15. The Balaban J connectivity index is 1.66. The van der Waals surface area contributed by atoms with E-state index in [2.05, 4.69) is 48.2 Å². The fraction of sp³-hybridized carbons (Fsp3) is 0.290. The standard InChI is InChI=1S/C31H33N3O4S/c1-4-5-6-7-8-20-18-29(39-28(20)13-19(2)3)21-9-11-32-24(14-21)26-16-23(31(37)38)17-27(34-26)25-15-22(30(35)36)10-12-33-25/h9-18,27,34H,4-8H2,1-3H3,(H,35,36)(H,37,38). The number of carboxylic acids is 2. The third kappa shape index (κ3) is 7.09. The molecule has 0 saturated heterocycles. The molecule has 3 N–H and O–H groups in total. The summed E-state index contributed by atoms with van der Waals surface area (Å²) in [5.74, 6) is -2.16. The van der Waals surface area contributed by atoms with Crippen molar-refractivity contribution >= 4 is 35.0 Å². The van der Waals surface area contributed by atoms with Gasteiger partial charge in [0.1, 0.15) is 0 Å². The second-order valence-electron chi connectivity index (χ2n) is 9.84. The first kappa shape index (κ1) is 28.0. The lowest BCUT2D eigenvalue weighted by Crippen LogP contribution is -2.25. The number of carboxylic acid groups (broad SMARTS) is 2. The summed E-state index contributed by atoms with van der Waals surface area (Å²) in [5, 5.41) is 22.4. The summed E-state index contributed by atoms with van der Waals surface area (Å²) in [6.45, 7) is 6.43. The summed E-state index contributed by atoms with van der Waals surface area (Å²) in [4.78, 5) is 34.6. The molecule has 1 aliphatic heterocycles. The number of nitrogens with one attached hydrogen (secondary N) is 1. The minimum atomic E-state index is -1.08. The molecular formula is C31H33N3O4S. The van der Waals surface area contributed by atoms with E-state index >= 15 is 0 Å². The zero-order valence-electron chi connectivity index (χ0n) is 22.4. The third-order valence-electron chi connectivity index (χ3n) is 6.43. The first-order chi connectivity index (χ1) is 18.7. The second-order valence-corrected chi connectivity index (χ2v) is 10.9. The van der Waals surface area contributed by atoms with Gasteiger partial charge in [-0.1, -0.05) is 31.8 Å². The molecule has 39 heavy (non-hydrogen) atoms. The first-order valence-corrected chi connectivity index (χ1v) is 13.9. The molecule has 8 heteroatoms. The average molecular weight is 544 g/mol. The molecule has 1 unspecified atom stereocenters. The number of carbonyl (C=O) groups is 2. The molecule has 1 atom stereocenters. The highest BCUT2D eigenvalue weighted by Crippen LogP contribution is 2.35. The molecule has 0 fully saturated rings. The Morgan fingerprint density at radius 1 is 1.03 bits per heavy atom. The maximum Gasteiger partial charge on any atom is 0.335 e. The van der Waals surface area contributed by atoms with Crippen LogP contribution in [0.1, 0.15) is 84.7 Å². The smallest absolute Gasteiger partial charge is 0.335 e. The van der Waals surface area contributed by atoms with Crippen molar-refractivity contribution in [3.8, 4) is 10.4 Å². The van der Waals surface area contributed by atoms with Crippen LogP contribution in [0.3, 0.4) is 0 Å². The lowest BCUT2D eigenvalue weighted by molar-refractivity contribution is -0.132. The van der Waals surface area contributed by atoms with E-state index in [4.69, 9.17) is 0 Å². The van der Waals surface area contributed by atoms with Crippen LogP contribution in [0.25, 0.3) is 22.2 Å². The van der Waals surface area contributed by atoms with E-state index in [9.17, 15) is 19.8 Å². The molecule has 0 amide bonds. The van der Waals surface area contributed by atoms with Crippen molar-refractivity contribution in [1.82, 2.24) is 15.3 Å². The normalized spacial score (nSPS) is 14.7. The highest BCUT2D eigenvalue weighted by Gasteiger charge is 2.23. The van der Waals surface area contributed by atoms with Crippen LogP contribution in [0.4, 0.5) is 0 Å². The van der Waals surface area contributed by atoms with Gasteiger partial charge >= 0.3 is 11.9 Å². The molecule has 3 aromatic heterocycles. The number of aliphatic carboxylic acids is 1. The monoisotopic (exact) mass is 543 g/mol. The Kier molecular flexibility index (Phi) is 9.09. The van der Waals surface area contributed by atoms with E-state index in [-0.39, 0.29) is 11.1 Å². The molecule has 1 aliphatic rings. The minimum absolute atomic E-state index is 0.0821. The van der Waals surface area contributed by atoms with Crippen LogP contribution in [-0.2, 0) is 11.2 Å². The van der Waals surface area contributed by atoms with Gasteiger partial charge in [-0.15, -0.1) is 11.3 Å². The number of unbranched alkanes of at least 4 members (excludes halogenated alkanes) is 3. The number of hydrogen-bond acceptors (Lipinski definition) is 6. The molecule has 0 saturated carbocycles. The van der Waals surface area contributed by atoms with E-state index in [1.807, 2.05) is 12.1 Å². The number of hydrogen-bond donors (Lipinski definition) is 3. The quantitative estimate of drug-likeness (QED) is 0.220. The molecular weight excluding hydrogens is 510 g/mol. The molecule has 0 aliphatic carbocycles. The Labute approximate surface area is 232 Å². The summed E-state index contributed by atoms with van der Waals surface area (Å²) in [6.07, 6.45) is 14.3. The van der Waals surface area contributed by atoms with Gasteiger partial charge in [-0.25, -0.2) is 9.59 Å². The van der Waals surface area contributed by atoms with Gasteiger partial charge < -0.3 is 15.5 Å². The zero-order chi connectivity index (χ0) is 27.9. The minimum Gasteiger partial charge on any atom is -0.478 e. The number of aromatic nitrogens is 2. The van der Waals surface area contributed by atoms with Crippen LogP contribution in [0.2, 0.25) is 0 Å². The molecule has 0 aromatic carbocycles. The fourth-order valence-electron chi connectivity index (χ4n) is 4.46. The number of rotatable bonds is 11. The van der Waals surface area contributed by atoms with Gasteiger partial charge in [0.2, 0.25) is 0 Å². The number of pyridine rings is 2. The van der Waals surface area contributed by atoms with Gasteiger partial charge in [0.05, 0.1) is 34.3 Å². The van der Waals surface area contributed by atoms with Gasteiger partial charge in [-0.05, 0) is 86.4 Å². The molecule has 202 valence electrons. The molecule has 0 spiro atoms. The zero-order valence-corrected chi connectivity index (χ0v) is 23.2. The van der Waals surface area contributed by atoms with Gasteiger partial charge in [0, 0.05) is 22.1 Å².